The summed E-state index contributed by atoms with van der Waals surface area (Å²) in [4.78, 5) is 12.4. The first-order valence-corrected chi connectivity index (χ1v) is 8.24. The largest absolute Gasteiger partial charge is 0.348 e. The van der Waals surface area contributed by atoms with Crippen LogP contribution in [0, 0.1) is 6.92 Å². The Morgan fingerprint density at radius 1 is 1.30 bits per heavy atom. The molecule has 6 nitrogen and oxygen atoms in total. The molecule has 0 spiro atoms. The van der Waals surface area contributed by atoms with E-state index in [0.29, 0.717) is 17.8 Å². The summed E-state index contributed by atoms with van der Waals surface area (Å²) < 4.78 is 1.65. The fourth-order valence-corrected chi connectivity index (χ4v) is 3.70. The minimum absolute atomic E-state index is 0.129. The second-order valence-corrected chi connectivity index (χ2v) is 6.67. The van der Waals surface area contributed by atoms with E-state index in [1.165, 1.54) is 12.8 Å². The molecule has 1 aromatic heterocycles. The van der Waals surface area contributed by atoms with Crippen molar-refractivity contribution in [1.82, 2.24) is 25.6 Å². The highest BCUT2D eigenvalue weighted by Gasteiger charge is 2.34. The fraction of sp³-hybridized carbons (Fsp3) is 0.471. The molecule has 6 heteroatoms. The Kier molecular flexibility index (Phi) is 3.61. The van der Waals surface area contributed by atoms with Crippen molar-refractivity contribution < 1.29 is 4.79 Å². The number of rotatable bonds is 3. The Bertz CT molecular complexity index is 713. The van der Waals surface area contributed by atoms with Crippen molar-refractivity contribution in [3.05, 3.63) is 41.7 Å². The van der Waals surface area contributed by atoms with Crippen LogP contribution in [0.2, 0.25) is 0 Å². The van der Waals surface area contributed by atoms with E-state index in [1.807, 2.05) is 31.2 Å². The summed E-state index contributed by atoms with van der Waals surface area (Å²) in [7, 11) is 0. The zero-order chi connectivity index (χ0) is 15.8. The molecule has 2 aliphatic rings. The number of benzene rings is 1. The van der Waals surface area contributed by atoms with Crippen LogP contribution in [0.1, 0.15) is 41.7 Å². The number of hydrogen-bond acceptors (Lipinski definition) is 4. The average molecular weight is 311 g/mol. The minimum atomic E-state index is -0.129. The number of carbonyl (C=O) groups excluding carboxylic acids is 1. The number of amides is 1. The van der Waals surface area contributed by atoms with Gasteiger partial charge in [-0.1, -0.05) is 17.3 Å². The smallest absolute Gasteiger partial charge is 0.273 e. The SMILES string of the molecule is Cc1cccc(-n2cc(C(=O)NC3CC4CCC(C3)N4)nn2)c1. The molecule has 2 unspecified atom stereocenters. The summed E-state index contributed by atoms with van der Waals surface area (Å²) in [5.74, 6) is -0.129. The van der Waals surface area contributed by atoms with Crippen LogP contribution in [0.25, 0.3) is 5.69 Å². The van der Waals surface area contributed by atoms with E-state index in [4.69, 9.17) is 0 Å². The zero-order valence-electron chi connectivity index (χ0n) is 13.2. The standard InChI is InChI=1S/C17H21N5O/c1-11-3-2-4-15(7-11)22-10-16(20-21-22)17(23)19-14-8-12-5-6-13(9-14)18-12/h2-4,7,10,12-14,18H,5-6,8-9H2,1H3,(H,19,23). The highest BCUT2D eigenvalue weighted by Crippen LogP contribution is 2.26. The lowest BCUT2D eigenvalue weighted by atomic mass is 10.00. The van der Waals surface area contributed by atoms with Gasteiger partial charge in [0, 0.05) is 18.1 Å². The summed E-state index contributed by atoms with van der Waals surface area (Å²) in [5, 5.41) is 14.8. The second-order valence-electron chi connectivity index (χ2n) is 6.67. The van der Waals surface area contributed by atoms with Crippen LogP contribution in [-0.4, -0.2) is 39.0 Å². The number of piperidine rings is 1. The number of aromatic nitrogens is 3. The van der Waals surface area contributed by atoms with Gasteiger partial charge >= 0.3 is 0 Å². The van der Waals surface area contributed by atoms with Crippen molar-refractivity contribution in [3.8, 4) is 5.69 Å². The Balaban J connectivity index is 1.45. The normalized spacial score (nSPS) is 26.2. The molecule has 3 heterocycles. The lowest BCUT2D eigenvalue weighted by molar-refractivity contribution is 0.0919. The maximum absolute atomic E-state index is 12.4. The van der Waals surface area contributed by atoms with Gasteiger partial charge in [0.15, 0.2) is 5.69 Å². The molecule has 2 fully saturated rings. The summed E-state index contributed by atoms with van der Waals surface area (Å²) in [6, 6.07) is 9.32. The lowest BCUT2D eigenvalue weighted by Gasteiger charge is -2.29. The highest BCUT2D eigenvalue weighted by atomic mass is 16.2. The molecule has 4 rings (SSSR count). The number of carbonyl (C=O) groups is 1. The van der Waals surface area contributed by atoms with Crippen LogP contribution < -0.4 is 10.6 Å². The third-order valence-corrected chi connectivity index (χ3v) is 4.80. The summed E-state index contributed by atoms with van der Waals surface area (Å²) >= 11 is 0. The monoisotopic (exact) mass is 311 g/mol. The molecule has 1 amide bonds. The van der Waals surface area contributed by atoms with Gasteiger partial charge in [0.25, 0.3) is 5.91 Å². The Morgan fingerprint density at radius 2 is 2.09 bits per heavy atom. The van der Waals surface area contributed by atoms with Gasteiger partial charge in [0.05, 0.1) is 11.9 Å². The van der Waals surface area contributed by atoms with E-state index in [2.05, 4.69) is 20.9 Å². The van der Waals surface area contributed by atoms with Crippen LogP contribution in [0.4, 0.5) is 0 Å². The van der Waals surface area contributed by atoms with E-state index < -0.39 is 0 Å². The van der Waals surface area contributed by atoms with Gasteiger partial charge in [0.2, 0.25) is 0 Å². The van der Waals surface area contributed by atoms with E-state index in [-0.39, 0.29) is 11.9 Å². The molecule has 0 radical (unpaired) electrons. The first-order valence-electron chi connectivity index (χ1n) is 8.24. The van der Waals surface area contributed by atoms with Gasteiger partial charge in [-0.15, -0.1) is 5.10 Å². The third-order valence-electron chi connectivity index (χ3n) is 4.80. The summed E-state index contributed by atoms with van der Waals surface area (Å²) in [6.45, 7) is 2.03. The van der Waals surface area contributed by atoms with Gasteiger partial charge in [-0.2, -0.15) is 0 Å². The van der Waals surface area contributed by atoms with Gasteiger partial charge in [-0.05, 0) is 50.3 Å². The van der Waals surface area contributed by atoms with E-state index in [9.17, 15) is 4.79 Å². The number of nitrogens with zero attached hydrogens (tertiary/aromatic N) is 3. The molecule has 2 N–H and O–H groups in total. The van der Waals surface area contributed by atoms with Gasteiger partial charge in [-0.25, -0.2) is 4.68 Å². The molecule has 120 valence electrons. The molecule has 0 saturated carbocycles. The molecule has 23 heavy (non-hydrogen) atoms. The maximum Gasteiger partial charge on any atom is 0.273 e. The molecule has 2 aliphatic heterocycles. The number of hydrogen-bond donors (Lipinski definition) is 2. The van der Waals surface area contributed by atoms with Crippen LogP contribution in [0.3, 0.4) is 0 Å². The minimum Gasteiger partial charge on any atom is -0.348 e. The average Bonchev–Trinajstić information content (AvgIpc) is 3.14. The van der Waals surface area contributed by atoms with Crippen molar-refractivity contribution in [3.63, 3.8) is 0 Å². The predicted octanol–water partition coefficient (Wildman–Crippen LogP) is 1.59. The number of aryl methyl sites for hydroxylation is 1. The van der Waals surface area contributed by atoms with Gasteiger partial charge in [-0.3, -0.25) is 4.79 Å². The molecule has 2 aromatic rings. The molecule has 2 bridgehead atoms. The molecule has 1 aromatic carbocycles. The third kappa shape index (κ3) is 2.99. The maximum atomic E-state index is 12.4. The van der Waals surface area contributed by atoms with Crippen molar-refractivity contribution in [2.45, 2.75) is 50.7 Å². The van der Waals surface area contributed by atoms with Gasteiger partial charge < -0.3 is 10.6 Å². The Labute approximate surface area is 135 Å². The van der Waals surface area contributed by atoms with Crippen molar-refractivity contribution >= 4 is 5.91 Å². The van der Waals surface area contributed by atoms with Crippen LogP contribution in [0.5, 0.6) is 0 Å². The molecule has 2 saturated heterocycles. The molecular weight excluding hydrogens is 290 g/mol. The first-order chi connectivity index (χ1) is 11.2. The van der Waals surface area contributed by atoms with E-state index >= 15 is 0 Å². The van der Waals surface area contributed by atoms with E-state index in [1.54, 1.807) is 10.9 Å². The zero-order valence-corrected chi connectivity index (χ0v) is 13.2. The summed E-state index contributed by atoms with van der Waals surface area (Å²) in [6.07, 6.45) is 6.16. The van der Waals surface area contributed by atoms with Crippen LogP contribution in [-0.2, 0) is 0 Å². The van der Waals surface area contributed by atoms with E-state index in [0.717, 1.165) is 24.1 Å². The van der Waals surface area contributed by atoms with Crippen molar-refractivity contribution in [2.24, 2.45) is 0 Å². The fourth-order valence-electron chi connectivity index (χ4n) is 3.70. The molecule has 0 aliphatic carbocycles. The van der Waals surface area contributed by atoms with Gasteiger partial charge in [0.1, 0.15) is 0 Å². The topological polar surface area (TPSA) is 71.8 Å². The van der Waals surface area contributed by atoms with Crippen molar-refractivity contribution in [1.29, 1.82) is 0 Å². The molecular formula is C17H21N5O. The quantitative estimate of drug-likeness (QED) is 0.903. The van der Waals surface area contributed by atoms with Crippen LogP contribution >= 0.6 is 0 Å². The number of fused-ring (bicyclic) bond motifs is 2. The summed E-state index contributed by atoms with van der Waals surface area (Å²) in [5.41, 5.74) is 2.43. The van der Waals surface area contributed by atoms with Crippen molar-refractivity contribution in [2.75, 3.05) is 0 Å². The number of nitrogens with one attached hydrogen (secondary N) is 2. The highest BCUT2D eigenvalue weighted by molar-refractivity contribution is 5.92. The predicted molar refractivity (Wildman–Crippen MR) is 86.5 cm³/mol. The van der Waals surface area contributed by atoms with Crippen LogP contribution in [0.15, 0.2) is 30.5 Å². The first kappa shape index (κ1) is 14.4. The Morgan fingerprint density at radius 3 is 2.83 bits per heavy atom. The second kappa shape index (κ2) is 5.77. The Hall–Kier alpha value is -2.21. The lowest BCUT2D eigenvalue weighted by Crippen LogP contribution is -2.48. The molecule has 2 atom stereocenters.